The van der Waals surface area contributed by atoms with E-state index in [2.05, 4.69) is 10.8 Å². The third kappa shape index (κ3) is 4.70. The Morgan fingerprint density at radius 3 is 2.70 bits per heavy atom. The number of terminal acetylenes is 1. The molecule has 0 amide bonds. The van der Waals surface area contributed by atoms with Gasteiger partial charge in [0, 0.05) is 17.0 Å². The SMILES string of the molecule is C#CCN1CCCc2sc(C(F)(F)F)c(CO)c2CCOCC1. The summed E-state index contributed by atoms with van der Waals surface area (Å²) >= 11 is 0.754. The molecular formula is C16H20F3NO2S. The van der Waals surface area contributed by atoms with Gasteiger partial charge in [-0.2, -0.15) is 13.2 Å². The van der Waals surface area contributed by atoms with Crippen LogP contribution >= 0.6 is 11.3 Å². The summed E-state index contributed by atoms with van der Waals surface area (Å²) in [6.45, 7) is 2.21. The van der Waals surface area contributed by atoms with E-state index in [1.54, 1.807) is 0 Å². The number of hydrogen-bond donors (Lipinski definition) is 1. The largest absolute Gasteiger partial charge is 0.425 e. The van der Waals surface area contributed by atoms with E-state index in [9.17, 15) is 18.3 Å². The molecule has 0 fully saturated rings. The monoisotopic (exact) mass is 347 g/mol. The molecule has 1 aromatic heterocycles. The van der Waals surface area contributed by atoms with Gasteiger partial charge in [-0.1, -0.05) is 5.92 Å². The summed E-state index contributed by atoms with van der Waals surface area (Å²) in [5, 5.41) is 9.42. The molecule has 0 atom stereocenters. The second-order valence-corrected chi connectivity index (χ2v) is 6.52. The van der Waals surface area contributed by atoms with Crippen LogP contribution in [0.4, 0.5) is 13.2 Å². The van der Waals surface area contributed by atoms with Crippen LogP contribution in [0.15, 0.2) is 0 Å². The Balaban J connectivity index is 2.25. The number of halogens is 3. The summed E-state index contributed by atoms with van der Waals surface area (Å²) in [5.74, 6) is 2.59. The van der Waals surface area contributed by atoms with Crippen molar-refractivity contribution < 1.29 is 23.0 Å². The minimum Gasteiger partial charge on any atom is -0.392 e. The Morgan fingerprint density at radius 2 is 2.04 bits per heavy atom. The van der Waals surface area contributed by atoms with E-state index >= 15 is 0 Å². The molecule has 0 radical (unpaired) electrons. The number of rotatable bonds is 2. The average Bonchev–Trinajstić information content (AvgIpc) is 2.82. The number of hydrogen-bond acceptors (Lipinski definition) is 4. The van der Waals surface area contributed by atoms with E-state index < -0.39 is 17.7 Å². The van der Waals surface area contributed by atoms with Crippen molar-refractivity contribution in [1.29, 1.82) is 0 Å². The molecule has 3 nitrogen and oxygen atoms in total. The van der Waals surface area contributed by atoms with E-state index in [0.29, 0.717) is 43.0 Å². The maximum atomic E-state index is 13.2. The zero-order valence-electron chi connectivity index (χ0n) is 12.8. The van der Waals surface area contributed by atoms with E-state index in [1.165, 1.54) is 0 Å². The lowest BCUT2D eigenvalue weighted by atomic mass is 10.0. The van der Waals surface area contributed by atoms with E-state index in [4.69, 9.17) is 11.2 Å². The van der Waals surface area contributed by atoms with Crippen molar-refractivity contribution in [1.82, 2.24) is 4.90 Å². The van der Waals surface area contributed by atoms with Gasteiger partial charge in [0.25, 0.3) is 0 Å². The standard InChI is InChI=1S/C16H20F3NO2S/c1-2-6-20-7-3-4-14-12(5-9-22-10-8-20)13(11-21)15(23-14)16(17,18)19/h1,21H,3-11H2. The molecule has 0 spiro atoms. The number of alkyl halides is 3. The summed E-state index contributed by atoms with van der Waals surface area (Å²) in [6.07, 6.45) is 2.59. The second kappa shape index (κ2) is 8.15. The summed E-state index contributed by atoms with van der Waals surface area (Å²) in [5.41, 5.74) is 0.621. The average molecular weight is 347 g/mol. The van der Waals surface area contributed by atoms with Crippen molar-refractivity contribution in [3.8, 4) is 12.3 Å². The number of thiophene rings is 1. The first kappa shape index (κ1) is 18.3. The van der Waals surface area contributed by atoms with Crippen molar-refractivity contribution in [2.45, 2.75) is 32.0 Å². The van der Waals surface area contributed by atoms with Crippen LogP contribution in [0.25, 0.3) is 0 Å². The highest BCUT2D eigenvalue weighted by Crippen LogP contribution is 2.41. The first-order valence-corrected chi connectivity index (χ1v) is 8.34. The lowest BCUT2D eigenvalue weighted by Gasteiger charge is -2.18. The fraction of sp³-hybridized carbons (Fsp3) is 0.625. The lowest BCUT2D eigenvalue weighted by molar-refractivity contribution is -0.135. The summed E-state index contributed by atoms with van der Waals surface area (Å²) in [7, 11) is 0. The predicted octanol–water partition coefficient (Wildman–Crippen LogP) is 2.70. The first-order chi connectivity index (χ1) is 11.0. The van der Waals surface area contributed by atoms with Gasteiger partial charge < -0.3 is 9.84 Å². The van der Waals surface area contributed by atoms with Gasteiger partial charge >= 0.3 is 6.18 Å². The number of nitrogens with zero attached hydrogens (tertiary/aromatic N) is 1. The van der Waals surface area contributed by atoms with Crippen LogP contribution in [0.3, 0.4) is 0 Å². The Morgan fingerprint density at radius 1 is 1.26 bits per heavy atom. The molecule has 0 saturated carbocycles. The van der Waals surface area contributed by atoms with Gasteiger partial charge in [-0.15, -0.1) is 17.8 Å². The van der Waals surface area contributed by atoms with Crippen LogP contribution in [-0.4, -0.2) is 42.9 Å². The molecule has 0 aromatic carbocycles. The Kier molecular flexibility index (Phi) is 6.48. The Labute approximate surface area is 138 Å². The number of fused-ring (bicyclic) bond motifs is 1. The third-order valence-corrected chi connectivity index (χ3v) is 5.24. The topological polar surface area (TPSA) is 32.7 Å². The number of aryl methyl sites for hydroxylation is 1. The highest BCUT2D eigenvalue weighted by atomic mass is 32.1. The molecule has 0 unspecified atom stereocenters. The van der Waals surface area contributed by atoms with Gasteiger partial charge in [-0.25, -0.2) is 0 Å². The van der Waals surface area contributed by atoms with Gasteiger partial charge in [0.05, 0.1) is 26.4 Å². The predicted molar refractivity (Wildman–Crippen MR) is 83.4 cm³/mol. The zero-order chi connectivity index (χ0) is 16.9. The lowest BCUT2D eigenvalue weighted by Crippen LogP contribution is -2.29. The maximum absolute atomic E-state index is 13.2. The molecule has 0 saturated heterocycles. The van der Waals surface area contributed by atoms with Gasteiger partial charge in [0.1, 0.15) is 4.88 Å². The molecule has 1 aliphatic heterocycles. The number of aliphatic hydroxyl groups excluding tert-OH is 1. The minimum absolute atomic E-state index is 0.0147. The zero-order valence-corrected chi connectivity index (χ0v) is 13.6. The summed E-state index contributed by atoms with van der Waals surface area (Å²) in [6, 6.07) is 0. The summed E-state index contributed by atoms with van der Waals surface area (Å²) in [4.78, 5) is 2.09. The minimum atomic E-state index is -4.43. The molecule has 2 heterocycles. The first-order valence-electron chi connectivity index (χ1n) is 7.52. The van der Waals surface area contributed by atoms with Crippen LogP contribution in [0.1, 0.15) is 27.3 Å². The van der Waals surface area contributed by atoms with E-state index in [1.807, 2.05) is 0 Å². The molecule has 1 N–H and O–H groups in total. The fourth-order valence-corrected chi connectivity index (χ4v) is 4.04. The summed E-state index contributed by atoms with van der Waals surface area (Å²) < 4.78 is 45.0. The van der Waals surface area contributed by atoms with Crippen molar-refractivity contribution in [2.24, 2.45) is 0 Å². The van der Waals surface area contributed by atoms with Gasteiger partial charge in [-0.3, -0.25) is 4.90 Å². The normalized spacial score (nSPS) is 18.0. The van der Waals surface area contributed by atoms with E-state index in [-0.39, 0.29) is 5.56 Å². The quantitative estimate of drug-likeness (QED) is 0.835. The molecule has 1 aromatic rings. The van der Waals surface area contributed by atoms with Crippen molar-refractivity contribution in [3.63, 3.8) is 0 Å². The second-order valence-electron chi connectivity index (χ2n) is 5.41. The van der Waals surface area contributed by atoms with Crippen molar-refractivity contribution in [3.05, 3.63) is 20.9 Å². The van der Waals surface area contributed by atoms with Crippen LogP contribution in [0.2, 0.25) is 0 Å². The molecular weight excluding hydrogens is 327 g/mol. The maximum Gasteiger partial charge on any atom is 0.425 e. The Hall–Kier alpha value is -1.07. The third-order valence-electron chi connectivity index (χ3n) is 3.86. The fourth-order valence-electron chi connectivity index (χ4n) is 2.77. The van der Waals surface area contributed by atoms with Crippen LogP contribution in [0.5, 0.6) is 0 Å². The van der Waals surface area contributed by atoms with Gasteiger partial charge in [-0.05, 0) is 31.4 Å². The van der Waals surface area contributed by atoms with Gasteiger partial charge in [0.2, 0.25) is 0 Å². The van der Waals surface area contributed by atoms with E-state index in [0.717, 1.165) is 30.8 Å². The Bertz CT molecular complexity index is 563. The number of aliphatic hydroxyl groups is 1. The van der Waals surface area contributed by atoms with Crippen LogP contribution in [0, 0.1) is 12.3 Å². The molecule has 0 bridgehead atoms. The van der Waals surface area contributed by atoms with Crippen molar-refractivity contribution in [2.75, 3.05) is 32.8 Å². The smallest absolute Gasteiger partial charge is 0.392 e. The molecule has 23 heavy (non-hydrogen) atoms. The number of ether oxygens (including phenoxy) is 1. The van der Waals surface area contributed by atoms with Gasteiger partial charge in [0.15, 0.2) is 0 Å². The molecule has 1 aliphatic rings. The van der Waals surface area contributed by atoms with Crippen LogP contribution in [-0.2, 0) is 30.4 Å². The molecule has 2 rings (SSSR count). The van der Waals surface area contributed by atoms with Crippen molar-refractivity contribution >= 4 is 11.3 Å². The highest BCUT2D eigenvalue weighted by Gasteiger charge is 2.37. The highest BCUT2D eigenvalue weighted by molar-refractivity contribution is 7.12. The molecule has 128 valence electrons. The molecule has 0 aliphatic carbocycles. The molecule has 7 heteroatoms. The van der Waals surface area contributed by atoms with Crippen LogP contribution < -0.4 is 0 Å².